The van der Waals surface area contributed by atoms with Crippen molar-refractivity contribution in [2.24, 2.45) is 0 Å². The van der Waals surface area contributed by atoms with Crippen LogP contribution in [-0.4, -0.2) is 55.0 Å². The van der Waals surface area contributed by atoms with Crippen LogP contribution in [0.5, 0.6) is 0 Å². The first-order chi connectivity index (χ1) is 11.5. The third-order valence-electron chi connectivity index (χ3n) is 5.09. The van der Waals surface area contributed by atoms with Gasteiger partial charge in [0.15, 0.2) is 0 Å². The van der Waals surface area contributed by atoms with Crippen LogP contribution in [0.15, 0.2) is 18.2 Å². The van der Waals surface area contributed by atoms with Crippen molar-refractivity contribution in [3.05, 3.63) is 33.9 Å². The Bertz CT molecular complexity index is 647. The van der Waals surface area contributed by atoms with Crippen LogP contribution >= 0.6 is 0 Å². The van der Waals surface area contributed by atoms with E-state index >= 15 is 0 Å². The van der Waals surface area contributed by atoms with Crippen LogP contribution in [0, 0.1) is 10.1 Å². The first-order valence-corrected chi connectivity index (χ1v) is 8.48. The van der Waals surface area contributed by atoms with Crippen LogP contribution in [0.25, 0.3) is 0 Å². The van der Waals surface area contributed by atoms with E-state index in [4.69, 9.17) is 0 Å². The lowest BCUT2D eigenvalue weighted by molar-refractivity contribution is -0.384. The van der Waals surface area contributed by atoms with Gasteiger partial charge in [0.2, 0.25) is 0 Å². The molecule has 7 heteroatoms. The summed E-state index contributed by atoms with van der Waals surface area (Å²) in [7, 11) is 3.66. The van der Waals surface area contributed by atoms with Gasteiger partial charge in [-0.05, 0) is 31.9 Å². The van der Waals surface area contributed by atoms with Crippen LogP contribution in [0.3, 0.4) is 0 Å². The van der Waals surface area contributed by atoms with E-state index in [0.717, 1.165) is 25.9 Å². The molecule has 0 radical (unpaired) electrons. The average molecular weight is 332 g/mol. The van der Waals surface area contributed by atoms with E-state index in [-0.39, 0.29) is 17.6 Å². The Morgan fingerprint density at radius 2 is 2.08 bits per heavy atom. The van der Waals surface area contributed by atoms with Crippen molar-refractivity contribution in [1.29, 1.82) is 0 Å². The number of hydrogen-bond acceptors (Lipinski definition) is 5. The summed E-state index contributed by atoms with van der Waals surface area (Å²) in [6.07, 6.45) is 4.49. The molecule has 1 N–H and O–H groups in total. The van der Waals surface area contributed by atoms with Crippen LogP contribution < -0.4 is 10.2 Å². The first-order valence-electron chi connectivity index (χ1n) is 8.48. The zero-order valence-corrected chi connectivity index (χ0v) is 14.2. The molecule has 2 saturated heterocycles. The number of carbonyl (C=O) groups excluding carboxylic acids is 1. The van der Waals surface area contributed by atoms with Gasteiger partial charge >= 0.3 is 0 Å². The smallest absolute Gasteiger partial charge is 0.270 e. The maximum atomic E-state index is 12.8. The fourth-order valence-corrected chi connectivity index (χ4v) is 3.87. The molecule has 2 fully saturated rings. The molecule has 1 amide bonds. The highest BCUT2D eigenvalue weighted by atomic mass is 16.6. The summed E-state index contributed by atoms with van der Waals surface area (Å²) in [5, 5.41) is 14.2. The van der Waals surface area contributed by atoms with Crippen molar-refractivity contribution in [3.63, 3.8) is 0 Å². The third-order valence-corrected chi connectivity index (χ3v) is 5.09. The number of nitrogens with zero attached hydrogens (tertiary/aromatic N) is 3. The number of benzene rings is 1. The lowest BCUT2D eigenvalue weighted by atomic mass is 9.98. The highest BCUT2D eigenvalue weighted by Crippen LogP contribution is 2.29. The summed E-state index contributed by atoms with van der Waals surface area (Å²) in [4.78, 5) is 27.6. The molecule has 0 bridgehead atoms. The summed E-state index contributed by atoms with van der Waals surface area (Å²) < 4.78 is 0. The van der Waals surface area contributed by atoms with Crippen LogP contribution in [-0.2, 0) is 0 Å². The minimum absolute atomic E-state index is 0.0588. The summed E-state index contributed by atoms with van der Waals surface area (Å²) in [5.74, 6) is -0.222. The minimum Gasteiger partial charge on any atom is -0.377 e. The Hall–Kier alpha value is -2.15. The van der Waals surface area contributed by atoms with E-state index in [1.54, 1.807) is 11.0 Å². The number of hydrogen-bond donors (Lipinski definition) is 1. The first kappa shape index (κ1) is 16.7. The number of nitro groups is 1. The van der Waals surface area contributed by atoms with E-state index in [0.29, 0.717) is 17.3 Å². The number of carbonyl (C=O) groups is 1. The highest BCUT2D eigenvalue weighted by molar-refractivity contribution is 6.00. The Morgan fingerprint density at radius 3 is 2.79 bits per heavy atom. The number of non-ortho nitro benzene ring substituents is 1. The number of fused-ring (bicyclic) bond motifs is 1. The molecule has 2 atom stereocenters. The molecular formula is C17H24N4O3. The molecule has 1 aromatic carbocycles. The molecule has 0 aromatic heterocycles. The number of piperidine rings is 1. The van der Waals surface area contributed by atoms with Gasteiger partial charge < -0.3 is 10.2 Å². The highest BCUT2D eigenvalue weighted by Gasteiger charge is 2.36. The van der Waals surface area contributed by atoms with Gasteiger partial charge in [-0.15, -0.1) is 0 Å². The molecule has 130 valence electrons. The van der Waals surface area contributed by atoms with E-state index in [1.165, 1.54) is 25.0 Å². The number of nitrogens with one attached hydrogen (secondary N) is 1. The van der Waals surface area contributed by atoms with E-state index in [9.17, 15) is 14.9 Å². The predicted molar refractivity (Wildman–Crippen MR) is 92.5 cm³/mol. The van der Waals surface area contributed by atoms with Crippen LogP contribution in [0.2, 0.25) is 0 Å². The van der Waals surface area contributed by atoms with Crippen molar-refractivity contribution in [2.45, 2.75) is 37.8 Å². The van der Waals surface area contributed by atoms with Crippen LogP contribution in [0.1, 0.15) is 36.0 Å². The summed E-state index contributed by atoms with van der Waals surface area (Å²) in [5.41, 5.74) is 0.997. The molecule has 7 nitrogen and oxygen atoms in total. The molecular weight excluding hydrogens is 308 g/mol. The van der Waals surface area contributed by atoms with Gasteiger partial charge in [0.05, 0.1) is 10.5 Å². The molecule has 0 spiro atoms. The van der Waals surface area contributed by atoms with Crippen molar-refractivity contribution < 1.29 is 9.72 Å². The van der Waals surface area contributed by atoms with E-state index < -0.39 is 4.92 Å². The van der Waals surface area contributed by atoms with E-state index in [1.807, 2.05) is 14.1 Å². The van der Waals surface area contributed by atoms with Crippen molar-refractivity contribution >= 4 is 17.3 Å². The van der Waals surface area contributed by atoms with Crippen molar-refractivity contribution in [1.82, 2.24) is 10.2 Å². The maximum absolute atomic E-state index is 12.8. The van der Waals surface area contributed by atoms with Gasteiger partial charge in [0.25, 0.3) is 11.6 Å². The molecule has 2 aliphatic rings. The molecule has 2 heterocycles. The molecule has 0 aliphatic carbocycles. The molecule has 0 unspecified atom stereocenters. The van der Waals surface area contributed by atoms with Gasteiger partial charge in [0, 0.05) is 50.5 Å². The molecule has 3 rings (SSSR count). The number of amides is 1. The normalized spacial score (nSPS) is 23.6. The Labute approximate surface area is 141 Å². The lowest BCUT2D eigenvalue weighted by Crippen LogP contribution is -2.47. The van der Waals surface area contributed by atoms with Gasteiger partial charge in [-0.3, -0.25) is 19.8 Å². The number of anilines is 1. The number of rotatable bonds is 4. The largest absolute Gasteiger partial charge is 0.377 e. The zero-order valence-electron chi connectivity index (χ0n) is 14.2. The summed E-state index contributed by atoms with van der Waals surface area (Å²) in [6.45, 7) is 2.13. The monoisotopic (exact) mass is 332 g/mol. The SMILES string of the molecule is CN(C)c1ccc([N+](=O)[O-])cc1C(=O)N[C@@H]1CCN2CCCC[C@H]12. The Morgan fingerprint density at radius 1 is 1.29 bits per heavy atom. The maximum Gasteiger partial charge on any atom is 0.270 e. The molecule has 24 heavy (non-hydrogen) atoms. The summed E-state index contributed by atoms with van der Waals surface area (Å²) >= 11 is 0. The van der Waals surface area contributed by atoms with Gasteiger partial charge in [0.1, 0.15) is 0 Å². The fraction of sp³-hybridized carbons (Fsp3) is 0.588. The average Bonchev–Trinajstić information content (AvgIpc) is 2.97. The third kappa shape index (κ3) is 3.21. The second kappa shape index (κ2) is 6.76. The topological polar surface area (TPSA) is 78.7 Å². The fourth-order valence-electron chi connectivity index (χ4n) is 3.87. The standard InChI is InChI=1S/C17H24N4O3/c1-19(2)15-7-6-12(21(23)24)11-13(15)17(22)18-14-8-10-20-9-4-3-5-16(14)20/h6-7,11,14,16H,3-5,8-10H2,1-2H3,(H,18,22)/t14-,16-/m1/s1. The van der Waals surface area contributed by atoms with E-state index in [2.05, 4.69) is 10.2 Å². The second-order valence-electron chi connectivity index (χ2n) is 6.82. The van der Waals surface area contributed by atoms with Crippen molar-refractivity contribution in [3.8, 4) is 0 Å². The quantitative estimate of drug-likeness (QED) is 0.674. The predicted octanol–water partition coefficient (Wildman–Crippen LogP) is 2.02. The van der Waals surface area contributed by atoms with Gasteiger partial charge in [-0.25, -0.2) is 0 Å². The zero-order chi connectivity index (χ0) is 17.3. The van der Waals surface area contributed by atoms with Gasteiger partial charge in [-0.2, -0.15) is 0 Å². The lowest BCUT2D eigenvalue weighted by Gasteiger charge is -2.32. The van der Waals surface area contributed by atoms with Crippen molar-refractivity contribution in [2.75, 3.05) is 32.1 Å². The Balaban J connectivity index is 1.81. The van der Waals surface area contributed by atoms with Gasteiger partial charge in [-0.1, -0.05) is 6.42 Å². The number of nitro benzene ring substituents is 1. The minimum atomic E-state index is -0.464. The second-order valence-corrected chi connectivity index (χ2v) is 6.82. The molecule has 1 aromatic rings. The molecule has 0 saturated carbocycles. The molecule has 2 aliphatic heterocycles. The summed E-state index contributed by atoms with van der Waals surface area (Å²) in [6, 6.07) is 4.98. The Kier molecular flexibility index (Phi) is 4.71. The van der Waals surface area contributed by atoms with Crippen LogP contribution in [0.4, 0.5) is 11.4 Å².